The average Bonchev–Trinajstić information content (AvgIpc) is 3.43. The van der Waals surface area contributed by atoms with Crippen molar-refractivity contribution in [2.75, 3.05) is 25.6 Å². The summed E-state index contributed by atoms with van der Waals surface area (Å²) in [5.41, 5.74) is 4.98. The number of rotatable bonds is 11. The van der Waals surface area contributed by atoms with Crippen LogP contribution in [0.1, 0.15) is 46.0 Å². The molecule has 4 rings (SSSR count). The molecule has 218 valence electrons. The topological polar surface area (TPSA) is 99.5 Å². The van der Waals surface area contributed by atoms with Gasteiger partial charge in [0.15, 0.2) is 5.60 Å². The third kappa shape index (κ3) is 7.22. The Bertz CT molecular complexity index is 1600. The summed E-state index contributed by atoms with van der Waals surface area (Å²) in [6.07, 6.45) is 5.50. The number of aliphatic hydroxyl groups is 1. The number of halogens is 1. The number of aliphatic imine (C=N–C) groups is 1. The van der Waals surface area contributed by atoms with Crippen LogP contribution in [0.25, 0.3) is 0 Å². The third-order valence-electron chi connectivity index (χ3n) is 6.93. The largest absolute Gasteiger partial charge is 0.374 e. The zero-order valence-corrected chi connectivity index (χ0v) is 26.1. The van der Waals surface area contributed by atoms with E-state index in [0.717, 1.165) is 46.7 Å². The molecule has 0 fully saturated rings. The Morgan fingerprint density at radius 1 is 1.10 bits per heavy atom. The van der Waals surface area contributed by atoms with Crippen LogP contribution >= 0.6 is 23.4 Å². The van der Waals surface area contributed by atoms with Crippen LogP contribution in [0.2, 0.25) is 5.02 Å². The molecular weight excluding hydrogens is 566 g/mol. The molecule has 0 radical (unpaired) electrons. The molecule has 0 aliphatic heterocycles. The molecule has 0 saturated carbocycles. The third-order valence-corrected chi connectivity index (χ3v) is 7.78. The van der Waals surface area contributed by atoms with Gasteiger partial charge in [0.05, 0.1) is 31.0 Å². The first-order valence-corrected chi connectivity index (χ1v) is 15.3. The first-order chi connectivity index (χ1) is 20.3. The average molecular weight is 602 g/mol. The molecule has 10 heteroatoms. The van der Waals surface area contributed by atoms with E-state index in [1.807, 2.05) is 84.9 Å². The fraction of sp³-hybridized carbons (Fsp3) is 0.281. The van der Waals surface area contributed by atoms with E-state index in [1.54, 1.807) is 26.5 Å². The molecule has 0 saturated heterocycles. The minimum Gasteiger partial charge on any atom is -0.374 e. The second-order valence-corrected chi connectivity index (χ2v) is 11.3. The van der Waals surface area contributed by atoms with Crippen LogP contribution in [-0.4, -0.2) is 51.8 Å². The molecule has 0 aliphatic carbocycles. The predicted octanol–water partition coefficient (Wildman–Crippen LogP) is 6.37. The Hall–Kier alpha value is -3.63. The molecule has 0 spiro atoms. The molecule has 1 atom stereocenters. The molecule has 3 aromatic carbocycles. The molecule has 42 heavy (non-hydrogen) atoms. The van der Waals surface area contributed by atoms with E-state index < -0.39 is 5.60 Å². The number of nitrogens with one attached hydrogen (secondary N) is 1. The SMILES string of the molecule is CN=N/N=C(\C)N=C(c1cccc(Cl)c1)c1cc(C(O)(c2ccc(CNCCSC)cc2)c2cncn2C)ccc1C. The van der Waals surface area contributed by atoms with Gasteiger partial charge in [0.2, 0.25) is 0 Å². The van der Waals surface area contributed by atoms with Gasteiger partial charge >= 0.3 is 0 Å². The van der Waals surface area contributed by atoms with Crippen molar-refractivity contribution in [3.63, 3.8) is 0 Å². The normalized spacial score (nSPS) is 14.0. The summed E-state index contributed by atoms with van der Waals surface area (Å²) in [6, 6.07) is 21.5. The Balaban J connectivity index is 1.86. The van der Waals surface area contributed by atoms with Gasteiger partial charge in [-0.05, 0) is 65.8 Å². The van der Waals surface area contributed by atoms with Gasteiger partial charge in [-0.3, -0.25) is 0 Å². The van der Waals surface area contributed by atoms with Gasteiger partial charge in [0.25, 0.3) is 0 Å². The van der Waals surface area contributed by atoms with Crippen molar-refractivity contribution in [1.29, 1.82) is 0 Å². The smallest absolute Gasteiger partial charge is 0.156 e. The Morgan fingerprint density at radius 2 is 1.86 bits per heavy atom. The highest BCUT2D eigenvalue weighted by molar-refractivity contribution is 7.98. The molecule has 8 nitrogen and oxygen atoms in total. The van der Waals surface area contributed by atoms with Crippen LogP contribution in [0, 0.1) is 6.92 Å². The highest BCUT2D eigenvalue weighted by atomic mass is 35.5. The number of aromatic nitrogens is 2. The summed E-state index contributed by atoms with van der Waals surface area (Å²) in [6.45, 7) is 5.48. The maximum atomic E-state index is 12.7. The van der Waals surface area contributed by atoms with Crippen LogP contribution in [0.4, 0.5) is 0 Å². The minimum atomic E-state index is -1.49. The maximum absolute atomic E-state index is 12.7. The van der Waals surface area contributed by atoms with E-state index in [0.29, 0.717) is 27.8 Å². The van der Waals surface area contributed by atoms with Crippen molar-refractivity contribution in [1.82, 2.24) is 14.9 Å². The van der Waals surface area contributed by atoms with Crippen molar-refractivity contribution >= 4 is 34.9 Å². The van der Waals surface area contributed by atoms with E-state index in [4.69, 9.17) is 16.6 Å². The van der Waals surface area contributed by atoms with E-state index >= 15 is 0 Å². The van der Waals surface area contributed by atoms with Crippen molar-refractivity contribution in [2.24, 2.45) is 27.5 Å². The first kappa shape index (κ1) is 31.3. The van der Waals surface area contributed by atoms with Gasteiger partial charge in [-0.2, -0.15) is 16.9 Å². The number of benzene rings is 3. The molecule has 1 aromatic heterocycles. The quantitative estimate of drug-likeness (QED) is 0.0686. The Kier molecular flexibility index (Phi) is 10.8. The van der Waals surface area contributed by atoms with E-state index in [1.165, 1.54) is 0 Å². The summed E-state index contributed by atoms with van der Waals surface area (Å²) in [5, 5.41) is 28.2. The minimum absolute atomic E-state index is 0.434. The zero-order valence-electron chi connectivity index (χ0n) is 24.5. The number of imidazole rings is 1. The maximum Gasteiger partial charge on any atom is 0.156 e. The van der Waals surface area contributed by atoms with Crippen LogP contribution in [0.3, 0.4) is 0 Å². The van der Waals surface area contributed by atoms with E-state index in [9.17, 15) is 5.11 Å². The van der Waals surface area contributed by atoms with Gasteiger partial charge in [-0.1, -0.05) is 60.1 Å². The fourth-order valence-electron chi connectivity index (χ4n) is 4.75. The Morgan fingerprint density at radius 3 is 2.52 bits per heavy atom. The lowest BCUT2D eigenvalue weighted by Gasteiger charge is -2.31. The summed E-state index contributed by atoms with van der Waals surface area (Å²) in [7, 11) is 3.44. The lowest BCUT2D eigenvalue weighted by atomic mass is 9.81. The summed E-state index contributed by atoms with van der Waals surface area (Å²) in [5.74, 6) is 1.49. The number of aryl methyl sites for hydroxylation is 2. The van der Waals surface area contributed by atoms with Crippen molar-refractivity contribution < 1.29 is 5.11 Å². The lowest BCUT2D eigenvalue weighted by Crippen LogP contribution is -2.31. The van der Waals surface area contributed by atoms with Gasteiger partial charge in [-0.15, -0.1) is 5.10 Å². The molecule has 0 amide bonds. The molecule has 4 aromatic rings. The number of nitrogens with zero attached hydrogens (tertiary/aromatic N) is 6. The van der Waals surface area contributed by atoms with E-state index in [2.05, 4.69) is 44.1 Å². The second-order valence-electron chi connectivity index (χ2n) is 9.90. The standard InChI is InChI=1S/C32H36ClN7OS/c1-22-9-12-27(18-29(22)31(37-23(2)38-39-34-3)25-7-6-8-28(33)17-25)32(41,30-20-36-21-40(30)4)26-13-10-24(11-14-26)19-35-15-16-42-5/h6-14,17-18,20-21,35,41H,15-16,19H2,1-5H3/b37-31?,38-23+,39-34?. The monoisotopic (exact) mass is 601 g/mol. The first-order valence-electron chi connectivity index (χ1n) is 13.6. The van der Waals surface area contributed by atoms with Crippen molar-refractivity contribution in [2.45, 2.75) is 26.0 Å². The molecule has 1 heterocycles. The molecule has 1 unspecified atom stereocenters. The number of thioether (sulfide) groups is 1. The molecule has 2 N–H and O–H groups in total. The highest BCUT2D eigenvalue weighted by Crippen LogP contribution is 2.38. The molecule has 0 bridgehead atoms. The number of hydrogen-bond donors (Lipinski definition) is 2. The second kappa shape index (κ2) is 14.5. The zero-order chi connectivity index (χ0) is 30.1. The van der Waals surface area contributed by atoms with Gasteiger partial charge in [0, 0.05) is 42.0 Å². The lowest BCUT2D eigenvalue weighted by molar-refractivity contribution is 0.117. The van der Waals surface area contributed by atoms with Gasteiger partial charge < -0.3 is 15.0 Å². The van der Waals surface area contributed by atoms with E-state index in [-0.39, 0.29) is 0 Å². The summed E-state index contributed by atoms with van der Waals surface area (Å²) in [4.78, 5) is 9.16. The van der Waals surface area contributed by atoms with Crippen molar-refractivity contribution in [3.05, 3.63) is 123 Å². The van der Waals surface area contributed by atoms with Gasteiger partial charge in [-0.25, -0.2) is 9.98 Å². The summed E-state index contributed by atoms with van der Waals surface area (Å²) >= 11 is 8.21. The van der Waals surface area contributed by atoms with Crippen LogP contribution in [0.15, 0.2) is 99.7 Å². The van der Waals surface area contributed by atoms with Gasteiger partial charge in [0.1, 0.15) is 5.84 Å². The highest BCUT2D eigenvalue weighted by Gasteiger charge is 2.37. The van der Waals surface area contributed by atoms with Crippen LogP contribution < -0.4 is 5.32 Å². The van der Waals surface area contributed by atoms with Crippen LogP contribution in [-0.2, 0) is 19.2 Å². The molecular formula is C32H36ClN7OS. The predicted molar refractivity (Wildman–Crippen MR) is 174 cm³/mol. The number of hydrogen-bond acceptors (Lipinski definition) is 6. The fourth-order valence-corrected chi connectivity index (χ4v) is 5.29. The van der Waals surface area contributed by atoms with Crippen LogP contribution in [0.5, 0.6) is 0 Å². The number of amidine groups is 1. The Labute approximate surface area is 256 Å². The van der Waals surface area contributed by atoms with Crippen molar-refractivity contribution in [3.8, 4) is 0 Å². The molecule has 0 aliphatic rings. The summed E-state index contributed by atoms with van der Waals surface area (Å²) < 4.78 is 1.84.